The van der Waals surface area contributed by atoms with Crippen molar-refractivity contribution in [2.24, 2.45) is 17.3 Å². The first kappa shape index (κ1) is 26.6. The Morgan fingerprint density at radius 3 is 2.67 bits per heavy atom. The largest absolute Gasteiger partial charge is 0.508 e. The maximum atomic E-state index is 12.5. The van der Waals surface area contributed by atoms with Crippen LogP contribution in [0, 0.1) is 17.3 Å². The Labute approximate surface area is 236 Å². The lowest BCUT2D eigenvalue weighted by Gasteiger charge is -2.52. The quantitative estimate of drug-likeness (QED) is 0.330. The monoisotopic (exact) mass is 537 g/mol. The van der Waals surface area contributed by atoms with Crippen molar-refractivity contribution in [2.75, 3.05) is 7.11 Å². The van der Waals surface area contributed by atoms with E-state index in [-0.39, 0.29) is 11.3 Å². The molecule has 6 rings (SSSR count). The number of ether oxygens (including phenoxy) is 1. The Bertz CT molecular complexity index is 1430. The van der Waals surface area contributed by atoms with E-state index in [1.54, 1.807) is 19.2 Å². The number of phenols is 1. The number of aliphatic hydroxyl groups is 1. The van der Waals surface area contributed by atoms with Gasteiger partial charge in [0, 0.05) is 17.5 Å². The predicted octanol–water partition coefficient (Wildman–Crippen LogP) is 6.63. The summed E-state index contributed by atoms with van der Waals surface area (Å²) in [6.45, 7) is 2.75. The van der Waals surface area contributed by atoms with Gasteiger partial charge >= 0.3 is 0 Å². The molecule has 3 unspecified atom stereocenters. The van der Waals surface area contributed by atoms with Gasteiger partial charge in [-0.05, 0) is 109 Å². The fourth-order valence-corrected chi connectivity index (χ4v) is 7.92. The second-order valence-corrected chi connectivity index (χ2v) is 12.2. The van der Waals surface area contributed by atoms with Gasteiger partial charge in [0.05, 0.1) is 12.7 Å². The minimum absolute atomic E-state index is 0.135. The molecule has 1 amide bonds. The lowest BCUT2D eigenvalue weighted by molar-refractivity contribution is -0.0705. The van der Waals surface area contributed by atoms with Crippen molar-refractivity contribution in [1.82, 2.24) is 5.32 Å². The number of nitrogens with one attached hydrogen (secondary N) is 1. The molecule has 0 aliphatic heterocycles. The van der Waals surface area contributed by atoms with Crippen LogP contribution in [-0.2, 0) is 13.0 Å². The normalized spacial score (nSPS) is 28.9. The first-order chi connectivity index (χ1) is 19.3. The van der Waals surface area contributed by atoms with E-state index in [9.17, 15) is 15.0 Å². The van der Waals surface area contributed by atoms with E-state index in [0.29, 0.717) is 41.4 Å². The molecule has 3 aromatic rings. The zero-order valence-corrected chi connectivity index (χ0v) is 23.4. The summed E-state index contributed by atoms with van der Waals surface area (Å²) in [6, 6.07) is 21.2. The van der Waals surface area contributed by atoms with E-state index in [4.69, 9.17) is 4.74 Å². The van der Waals surface area contributed by atoms with Crippen LogP contribution in [0.15, 0.2) is 72.8 Å². The van der Waals surface area contributed by atoms with Crippen LogP contribution >= 0.6 is 0 Å². The van der Waals surface area contributed by atoms with Gasteiger partial charge in [0.25, 0.3) is 5.91 Å². The number of phenolic OH excluding ortho intramolecular Hbond substituents is 1. The van der Waals surface area contributed by atoms with Crippen molar-refractivity contribution in [3.05, 3.63) is 101 Å². The van der Waals surface area contributed by atoms with Crippen molar-refractivity contribution >= 4 is 12.0 Å². The summed E-state index contributed by atoms with van der Waals surface area (Å²) in [5.41, 5.74) is 4.40. The Morgan fingerprint density at radius 2 is 1.88 bits per heavy atom. The van der Waals surface area contributed by atoms with Crippen LogP contribution in [0.4, 0.5) is 0 Å². The summed E-state index contributed by atoms with van der Waals surface area (Å²) in [7, 11) is 1.59. The molecule has 0 bridgehead atoms. The molecule has 5 atom stereocenters. The van der Waals surface area contributed by atoms with Gasteiger partial charge in [-0.1, -0.05) is 55.5 Å². The summed E-state index contributed by atoms with van der Waals surface area (Å²) in [5, 5.41) is 24.9. The van der Waals surface area contributed by atoms with Crippen LogP contribution in [0.3, 0.4) is 0 Å². The van der Waals surface area contributed by atoms with Gasteiger partial charge in [-0.2, -0.15) is 0 Å². The van der Waals surface area contributed by atoms with Crippen molar-refractivity contribution in [2.45, 2.75) is 63.5 Å². The minimum Gasteiger partial charge on any atom is -0.508 e. The number of hydrogen-bond donors (Lipinski definition) is 3. The summed E-state index contributed by atoms with van der Waals surface area (Å²) >= 11 is 0. The average molecular weight is 538 g/mol. The van der Waals surface area contributed by atoms with Crippen LogP contribution in [0.1, 0.15) is 77.6 Å². The zero-order valence-electron chi connectivity index (χ0n) is 23.4. The molecular formula is C35H39NO4. The van der Waals surface area contributed by atoms with Crippen LogP contribution in [0.25, 0.3) is 6.08 Å². The van der Waals surface area contributed by atoms with E-state index < -0.39 is 5.60 Å². The SMILES string of the molecule is COc1cccc(C(=O)NCc2ccc(/C=C/[C@]3(O)CCC4C5CCc6cc(O)ccc6C5CC[C@@]43C)cc2)c1. The molecule has 2 saturated carbocycles. The summed E-state index contributed by atoms with van der Waals surface area (Å²) < 4.78 is 5.21. The smallest absolute Gasteiger partial charge is 0.251 e. The third-order valence-corrected chi connectivity index (χ3v) is 10.2. The molecule has 3 aliphatic carbocycles. The maximum Gasteiger partial charge on any atom is 0.251 e. The third kappa shape index (κ3) is 4.71. The van der Waals surface area contributed by atoms with Gasteiger partial charge in [0.1, 0.15) is 11.5 Å². The number of hydrogen-bond acceptors (Lipinski definition) is 4. The first-order valence-corrected chi connectivity index (χ1v) is 14.5. The summed E-state index contributed by atoms with van der Waals surface area (Å²) in [5.74, 6) is 2.51. The van der Waals surface area contributed by atoms with Crippen LogP contribution in [0.5, 0.6) is 11.5 Å². The number of carbonyl (C=O) groups excluding carboxylic acids is 1. The topological polar surface area (TPSA) is 78.8 Å². The lowest BCUT2D eigenvalue weighted by Crippen LogP contribution is -2.49. The number of carbonyl (C=O) groups is 1. The molecule has 208 valence electrons. The number of aryl methyl sites for hydroxylation is 1. The number of benzene rings is 3. The Hall–Kier alpha value is -3.57. The highest BCUT2D eigenvalue weighted by molar-refractivity contribution is 5.94. The van der Waals surface area contributed by atoms with E-state index in [1.807, 2.05) is 48.5 Å². The van der Waals surface area contributed by atoms with E-state index in [2.05, 4.69) is 30.5 Å². The highest BCUT2D eigenvalue weighted by Crippen LogP contribution is 2.64. The minimum atomic E-state index is -0.818. The molecule has 0 radical (unpaired) electrons. The van der Waals surface area contributed by atoms with Gasteiger partial charge in [-0.3, -0.25) is 4.79 Å². The number of methoxy groups -OCH3 is 1. The van der Waals surface area contributed by atoms with Crippen LogP contribution in [0.2, 0.25) is 0 Å². The Kier molecular flexibility index (Phi) is 6.95. The van der Waals surface area contributed by atoms with Gasteiger partial charge in [0.2, 0.25) is 0 Å². The number of fused-ring (bicyclic) bond motifs is 5. The van der Waals surface area contributed by atoms with E-state index in [1.165, 1.54) is 11.1 Å². The molecule has 0 spiro atoms. The van der Waals surface area contributed by atoms with Crippen LogP contribution < -0.4 is 10.1 Å². The molecule has 40 heavy (non-hydrogen) atoms. The second-order valence-electron chi connectivity index (χ2n) is 12.2. The molecule has 3 aromatic carbocycles. The molecule has 2 fully saturated rings. The van der Waals surface area contributed by atoms with Crippen molar-refractivity contribution in [1.29, 1.82) is 0 Å². The number of amides is 1. The molecule has 0 aromatic heterocycles. The first-order valence-electron chi connectivity index (χ1n) is 14.5. The number of rotatable bonds is 6. The zero-order chi connectivity index (χ0) is 27.9. The highest BCUT2D eigenvalue weighted by atomic mass is 16.5. The molecule has 0 saturated heterocycles. The highest BCUT2D eigenvalue weighted by Gasteiger charge is 2.60. The average Bonchev–Trinajstić information content (AvgIpc) is 3.25. The van der Waals surface area contributed by atoms with E-state index >= 15 is 0 Å². The molecule has 5 heteroatoms. The fourth-order valence-electron chi connectivity index (χ4n) is 7.92. The van der Waals surface area contributed by atoms with Gasteiger partial charge in [0.15, 0.2) is 0 Å². The second kappa shape index (κ2) is 10.4. The van der Waals surface area contributed by atoms with Gasteiger partial charge in [-0.15, -0.1) is 0 Å². The van der Waals surface area contributed by atoms with Gasteiger partial charge < -0.3 is 20.3 Å². The fraction of sp³-hybridized carbons (Fsp3) is 0.400. The molecule has 5 nitrogen and oxygen atoms in total. The van der Waals surface area contributed by atoms with Crippen molar-refractivity contribution in [3.63, 3.8) is 0 Å². The predicted molar refractivity (Wildman–Crippen MR) is 157 cm³/mol. The lowest BCUT2D eigenvalue weighted by atomic mass is 9.53. The van der Waals surface area contributed by atoms with Crippen LogP contribution in [-0.4, -0.2) is 28.8 Å². The Morgan fingerprint density at radius 1 is 1.05 bits per heavy atom. The molecule has 0 heterocycles. The molecule has 3 aliphatic rings. The molecular weight excluding hydrogens is 498 g/mol. The van der Waals surface area contributed by atoms with Crippen molar-refractivity contribution < 1.29 is 19.7 Å². The third-order valence-electron chi connectivity index (χ3n) is 10.2. The van der Waals surface area contributed by atoms with E-state index in [0.717, 1.165) is 49.7 Å². The number of aromatic hydroxyl groups is 1. The van der Waals surface area contributed by atoms with Crippen molar-refractivity contribution in [3.8, 4) is 11.5 Å². The Balaban J connectivity index is 1.11. The summed E-state index contributed by atoms with van der Waals surface area (Å²) in [4.78, 5) is 12.5. The van der Waals surface area contributed by atoms with Gasteiger partial charge in [-0.25, -0.2) is 0 Å². The molecule has 3 N–H and O–H groups in total. The standard InChI is InChI=1S/C35H39NO4/c1-34-17-15-30-29-13-11-27(37)20-25(29)10-12-31(30)32(34)16-19-35(34,39)18-14-23-6-8-24(9-7-23)22-36-33(38)26-4-3-5-28(21-26)40-2/h3-9,11,13-14,18,20-21,30-32,37,39H,10,12,15-17,19,22H2,1-2H3,(H,36,38)/b18-14+/t30?,31?,32?,34-,35-/m0/s1. The maximum absolute atomic E-state index is 12.5. The summed E-state index contributed by atoms with van der Waals surface area (Å²) in [6.07, 6.45) is 10.2.